The number of rotatable bonds is 11. The molecule has 3 unspecified atom stereocenters. The number of likely N-dealkylation sites (N-methyl/N-ethyl adjacent to an activating group) is 2. The zero-order valence-electron chi connectivity index (χ0n) is 23.5. The summed E-state index contributed by atoms with van der Waals surface area (Å²) >= 11 is 0. The fourth-order valence-corrected chi connectivity index (χ4v) is 4.36. The second-order valence-corrected chi connectivity index (χ2v) is 11.4. The average molecular weight is 500 g/mol. The minimum atomic E-state index is -1.03. The predicted octanol–water partition coefficient (Wildman–Crippen LogP) is 4.15. The van der Waals surface area contributed by atoms with Gasteiger partial charge in [0.05, 0.1) is 12.1 Å². The Labute approximate surface area is 217 Å². The van der Waals surface area contributed by atoms with Gasteiger partial charge in [-0.15, -0.1) is 0 Å². The van der Waals surface area contributed by atoms with Gasteiger partial charge in [0.2, 0.25) is 11.8 Å². The number of amides is 2. The average Bonchev–Trinajstić information content (AvgIpc) is 2.78. The Kier molecular flexibility index (Phi) is 11.1. The molecule has 0 aliphatic rings. The van der Waals surface area contributed by atoms with E-state index in [1.54, 1.807) is 25.9 Å². The molecule has 0 heterocycles. The first-order valence-corrected chi connectivity index (χ1v) is 12.4. The van der Waals surface area contributed by atoms with E-state index in [1.807, 2.05) is 84.9 Å². The molecule has 3 atom stereocenters. The molecule has 3 N–H and O–H groups in total. The molecule has 7 nitrogen and oxygen atoms in total. The summed E-state index contributed by atoms with van der Waals surface area (Å²) in [5.74, 6) is -1.40. The minimum absolute atomic E-state index is 0.0746. The predicted molar refractivity (Wildman–Crippen MR) is 146 cm³/mol. The highest BCUT2D eigenvalue weighted by atomic mass is 16.4. The number of carboxylic acids is 1. The van der Waals surface area contributed by atoms with Crippen molar-refractivity contribution in [1.29, 1.82) is 0 Å². The van der Waals surface area contributed by atoms with Crippen LogP contribution in [-0.2, 0) is 19.8 Å². The van der Waals surface area contributed by atoms with E-state index in [2.05, 4.69) is 10.6 Å². The quantitative estimate of drug-likeness (QED) is 0.314. The molecule has 0 bridgehead atoms. The van der Waals surface area contributed by atoms with Crippen molar-refractivity contribution in [3.63, 3.8) is 0 Å². The van der Waals surface area contributed by atoms with Crippen LogP contribution in [0.1, 0.15) is 61.0 Å². The maximum Gasteiger partial charge on any atom is 0.328 e. The molecule has 0 spiro atoms. The van der Waals surface area contributed by atoms with Crippen molar-refractivity contribution in [3.8, 4) is 0 Å². The molecule has 1 rings (SSSR count). The normalized spacial score (nSPS) is 15.5. The lowest BCUT2D eigenvalue weighted by Crippen LogP contribution is -2.61. The van der Waals surface area contributed by atoms with Crippen LogP contribution in [0.5, 0.6) is 0 Å². The number of carboxylic acid groups (broad SMARTS) is 1. The summed E-state index contributed by atoms with van der Waals surface area (Å²) < 4.78 is 0. The number of allylic oxidation sites excluding steroid dienone is 2. The van der Waals surface area contributed by atoms with Gasteiger partial charge < -0.3 is 20.6 Å². The molecular formula is C29H45N3O4. The maximum absolute atomic E-state index is 13.8. The molecule has 36 heavy (non-hydrogen) atoms. The first kappa shape index (κ1) is 31.1. The van der Waals surface area contributed by atoms with Gasteiger partial charge >= 0.3 is 5.97 Å². The van der Waals surface area contributed by atoms with Gasteiger partial charge in [0.15, 0.2) is 0 Å². The van der Waals surface area contributed by atoms with Crippen molar-refractivity contribution < 1.29 is 19.5 Å². The first-order valence-electron chi connectivity index (χ1n) is 12.4. The molecule has 2 amide bonds. The highest BCUT2D eigenvalue weighted by Gasteiger charge is 2.41. The lowest BCUT2D eigenvalue weighted by molar-refractivity contribution is -0.140. The molecule has 0 aliphatic heterocycles. The Hall–Kier alpha value is -2.93. The Morgan fingerprint density at radius 3 is 1.97 bits per heavy atom. The van der Waals surface area contributed by atoms with Crippen molar-refractivity contribution in [3.05, 3.63) is 59.7 Å². The molecule has 0 radical (unpaired) electrons. The Morgan fingerprint density at radius 1 is 0.972 bits per heavy atom. The van der Waals surface area contributed by atoms with Crippen LogP contribution in [0, 0.1) is 11.3 Å². The van der Waals surface area contributed by atoms with Crippen molar-refractivity contribution in [1.82, 2.24) is 15.5 Å². The summed E-state index contributed by atoms with van der Waals surface area (Å²) in [5, 5.41) is 15.1. The van der Waals surface area contributed by atoms with Crippen molar-refractivity contribution in [2.75, 3.05) is 14.1 Å². The highest BCUT2D eigenvalue weighted by molar-refractivity contribution is 5.91. The SMILES string of the molecule is CNC(C(=O)NC(C(=O)N(C)C(/C=C(C)/C=C/C(=O)O)C(C)C)C(C)(C)C)C(C)(C)c1ccccc1. The number of nitrogens with zero attached hydrogens (tertiary/aromatic N) is 1. The number of aliphatic carboxylic acids is 1. The summed E-state index contributed by atoms with van der Waals surface area (Å²) in [5.41, 5.74) is 0.700. The number of nitrogens with one attached hydrogen (secondary N) is 2. The van der Waals surface area contributed by atoms with Crippen LogP contribution in [0.4, 0.5) is 0 Å². The number of carbonyl (C=O) groups is 3. The Bertz CT molecular complexity index is 958. The van der Waals surface area contributed by atoms with Gasteiger partial charge in [-0.2, -0.15) is 0 Å². The van der Waals surface area contributed by atoms with Gasteiger partial charge in [0.25, 0.3) is 0 Å². The summed E-state index contributed by atoms with van der Waals surface area (Å²) in [6, 6.07) is 8.23. The summed E-state index contributed by atoms with van der Waals surface area (Å²) in [4.78, 5) is 39.9. The van der Waals surface area contributed by atoms with Crippen molar-refractivity contribution in [2.45, 2.75) is 78.9 Å². The molecule has 0 saturated carbocycles. The molecular weight excluding hydrogens is 454 g/mol. The van der Waals surface area contributed by atoms with Crippen LogP contribution in [0.3, 0.4) is 0 Å². The van der Waals surface area contributed by atoms with E-state index in [1.165, 1.54) is 6.08 Å². The Morgan fingerprint density at radius 2 is 1.53 bits per heavy atom. The zero-order valence-corrected chi connectivity index (χ0v) is 23.5. The number of hydrogen-bond acceptors (Lipinski definition) is 4. The molecule has 7 heteroatoms. The summed E-state index contributed by atoms with van der Waals surface area (Å²) in [7, 11) is 3.48. The second-order valence-electron chi connectivity index (χ2n) is 11.4. The Balaban J connectivity index is 3.28. The molecule has 1 aromatic rings. The molecule has 1 aromatic carbocycles. The van der Waals surface area contributed by atoms with Crippen LogP contribution >= 0.6 is 0 Å². The largest absolute Gasteiger partial charge is 0.478 e. The van der Waals surface area contributed by atoms with E-state index in [4.69, 9.17) is 5.11 Å². The molecule has 200 valence electrons. The lowest BCUT2D eigenvalue weighted by atomic mass is 9.76. The third-order valence-electron chi connectivity index (χ3n) is 6.59. The smallest absolute Gasteiger partial charge is 0.328 e. The number of carbonyl (C=O) groups excluding carboxylic acids is 2. The van der Waals surface area contributed by atoms with E-state index in [-0.39, 0.29) is 23.8 Å². The van der Waals surface area contributed by atoms with E-state index < -0.39 is 28.9 Å². The molecule has 0 aliphatic carbocycles. The van der Waals surface area contributed by atoms with Gasteiger partial charge in [-0.3, -0.25) is 9.59 Å². The fourth-order valence-electron chi connectivity index (χ4n) is 4.36. The van der Waals surface area contributed by atoms with Crippen LogP contribution in [-0.4, -0.2) is 60.0 Å². The topological polar surface area (TPSA) is 98.7 Å². The summed E-state index contributed by atoms with van der Waals surface area (Å²) in [6.07, 6.45) is 4.48. The molecule has 0 saturated heterocycles. The van der Waals surface area contributed by atoms with Crippen molar-refractivity contribution in [2.24, 2.45) is 11.3 Å². The van der Waals surface area contributed by atoms with Gasteiger partial charge in [-0.25, -0.2) is 4.79 Å². The van der Waals surface area contributed by atoms with Crippen LogP contribution in [0.2, 0.25) is 0 Å². The minimum Gasteiger partial charge on any atom is -0.478 e. The standard InChI is InChI=1S/C29H45N3O4/c1-19(2)22(18-20(3)16-17-23(33)34)32(10)27(36)25(28(4,5)6)31-26(35)24(30-9)29(7,8)21-14-12-11-13-15-21/h11-19,22,24-25,30H,1-10H3,(H,31,35)(H,33,34)/b17-16+,20-18+. The van der Waals surface area contributed by atoms with Gasteiger partial charge in [-0.05, 0) is 30.9 Å². The third kappa shape index (κ3) is 8.33. The first-order chi connectivity index (χ1) is 16.5. The molecule has 0 fully saturated rings. The highest BCUT2D eigenvalue weighted by Crippen LogP contribution is 2.29. The monoisotopic (exact) mass is 499 g/mol. The maximum atomic E-state index is 13.8. The van der Waals surface area contributed by atoms with Gasteiger partial charge in [-0.1, -0.05) is 96.5 Å². The zero-order chi connectivity index (χ0) is 27.8. The lowest BCUT2D eigenvalue weighted by Gasteiger charge is -2.40. The molecule has 0 aromatic heterocycles. The van der Waals surface area contributed by atoms with E-state index >= 15 is 0 Å². The number of benzene rings is 1. The fraction of sp³-hybridized carbons (Fsp3) is 0.552. The second kappa shape index (κ2) is 12.9. The van der Waals surface area contributed by atoms with Gasteiger partial charge in [0.1, 0.15) is 6.04 Å². The van der Waals surface area contributed by atoms with E-state index in [0.29, 0.717) is 0 Å². The van der Waals surface area contributed by atoms with E-state index in [9.17, 15) is 14.4 Å². The van der Waals surface area contributed by atoms with E-state index in [0.717, 1.165) is 17.2 Å². The van der Waals surface area contributed by atoms with Gasteiger partial charge in [0, 0.05) is 18.5 Å². The number of hydrogen-bond donors (Lipinski definition) is 3. The van der Waals surface area contributed by atoms with Crippen LogP contribution in [0.15, 0.2) is 54.1 Å². The third-order valence-corrected chi connectivity index (χ3v) is 6.59. The van der Waals surface area contributed by atoms with Crippen LogP contribution in [0.25, 0.3) is 0 Å². The van der Waals surface area contributed by atoms with Crippen LogP contribution < -0.4 is 10.6 Å². The summed E-state index contributed by atoms with van der Waals surface area (Å²) in [6.45, 7) is 15.6. The van der Waals surface area contributed by atoms with Crippen molar-refractivity contribution >= 4 is 17.8 Å².